The van der Waals surface area contributed by atoms with Crippen LogP contribution >= 0.6 is 23.8 Å². The topological polar surface area (TPSA) is 31.9 Å². The number of hydrogen-bond acceptors (Lipinski definition) is 3. The summed E-state index contributed by atoms with van der Waals surface area (Å²) in [6.45, 7) is 2.91. The Hall–Kier alpha value is -0.450. The van der Waals surface area contributed by atoms with Gasteiger partial charge in [-0.25, -0.2) is 4.98 Å². The molecular formula is C9H12ClN3S. The molecule has 0 atom stereocenters. The van der Waals surface area contributed by atoms with Crippen LogP contribution in [0.1, 0.15) is 11.3 Å². The van der Waals surface area contributed by atoms with Crippen molar-refractivity contribution in [1.82, 2.24) is 14.9 Å². The first-order valence-electron chi connectivity index (χ1n) is 4.65. The van der Waals surface area contributed by atoms with Gasteiger partial charge < -0.3 is 4.98 Å². The molecule has 1 aromatic rings. The van der Waals surface area contributed by atoms with Crippen molar-refractivity contribution in [3.8, 4) is 0 Å². The average Bonchev–Trinajstić information content (AvgIpc) is 2.17. The summed E-state index contributed by atoms with van der Waals surface area (Å²) in [4.78, 5) is 9.53. The number of nitrogens with zero attached hydrogens (tertiary/aromatic N) is 2. The minimum atomic E-state index is 0.566. The Kier molecular flexibility index (Phi) is 3.15. The molecule has 0 aliphatic carbocycles. The van der Waals surface area contributed by atoms with Crippen LogP contribution in [0.2, 0.25) is 0 Å². The highest BCUT2D eigenvalue weighted by molar-refractivity contribution is 7.71. The van der Waals surface area contributed by atoms with Gasteiger partial charge in [0.1, 0.15) is 0 Å². The largest absolute Gasteiger partial charge is 0.333 e. The van der Waals surface area contributed by atoms with E-state index < -0.39 is 0 Å². The lowest BCUT2D eigenvalue weighted by molar-refractivity contribution is 0.264. The Morgan fingerprint density at radius 2 is 2.50 bits per heavy atom. The Balaban J connectivity index is 2.20. The molecule has 2 heterocycles. The first kappa shape index (κ1) is 10.1. The van der Waals surface area contributed by atoms with E-state index in [4.69, 9.17) is 23.8 Å². The van der Waals surface area contributed by atoms with Crippen LogP contribution in [0, 0.1) is 4.77 Å². The second-order valence-electron chi connectivity index (χ2n) is 3.41. The number of halogens is 1. The lowest BCUT2D eigenvalue weighted by atomic mass is 10.1. The van der Waals surface area contributed by atoms with Gasteiger partial charge in [0.15, 0.2) is 4.77 Å². The smallest absolute Gasteiger partial charge is 0.196 e. The normalized spacial score (nSPS) is 16.6. The highest BCUT2D eigenvalue weighted by Gasteiger charge is 2.15. The Morgan fingerprint density at radius 3 is 3.29 bits per heavy atom. The number of nitrogens with one attached hydrogen (secondary N) is 1. The maximum Gasteiger partial charge on any atom is 0.196 e. The summed E-state index contributed by atoms with van der Waals surface area (Å²) in [5, 5.41) is 0. The summed E-state index contributed by atoms with van der Waals surface area (Å²) < 4.78 is 0.566. The SMILES string of the molecule is S=c1ncc2c([nH]1)CN(CCCl)CC2. The molecule has 0 radical (unpaired) electrons. The van der Waals surface area contributed by atoms with Crippen molar-refractivity contribution in [2.75, 3.05) is 19.0 Å². The van der Waals surface area contributed by atoms with Crippen LogP contribution in [0.3, 0.4) is 0 Å². The Morgan fingerprint density at radius 1 is 1.64 bits per heavy atom. The fraction of sp³-hybridized carbons (Fsp3) is 0.556. The van der Waals surface area contributed by atoms with Crippen LogP contribution in [0.15, 0.2) is 6.20 Å². The maximum atomic E-state index is 5.71. The van der Waals surface area contributed by atoms with Gasteiger partial charge in [0.2, 0.25) is 0 Å². The molecule has 14 heavy (non-hydrogen) atoms. The van der Waals surface area contributed by atoms with Crippen LogP contribution in [-0.4, -0.2) is 33.8 Å². The minimum absolute atomic E-state index is 0.566. The van der Waals surface area contributed by atoms with Crippen molar-refractivity contribution < 1.29 is 0 Å². The van der Waals surface area contributed by atoms with E-state index in [2.05, 4.69) is 14.9 Å². The second kappa shape index (κ2) is 4.38. The van der Waals surface area contributed by atoms with Crippen LogP contribution in [0.4, 0.5) is 0 Å². The Bertz CT molecular complexity index is 377. The number of alkyl halides is 1. The van der Waals surface area contributed by atoms with Gasteiger partial charge in [0.25, 0.3) is 0 Å². The summed E-state index contributed by atoms with van der Waals surface area (Å²) in [6.07, 6.45) is 2.91. The second-order valence-corrected chi connectivity index (χ2v) is 4.17. The quantitative estimate of drug-likeness (QED) is 0.619. The summed E-state index contributed by atoms with van der Waals surface area (Å²) in [5.41, 5.74) is 2.48. The fourth-order valence-electron chi connectivity index (χ4n) is 1.70. The molecule has 3 nitrogen and oxygen atoms in total. The minimum Gasteiger partial charge on any atom is -0.333 e. The summed E-state index contributed by atoms with van der Waals surface area (Å²) in [6, 6.07) is 0. The molecule has 2 rings (SSSR count). The lowest BCUT2D eigenvalue weighted by Crippen LogP contribution is -2.32. The number of H-pyrrole nitrogens is 1. The number of aromatic nitrogens is 2. The van der Waals surface area contributed by atoms with Crippen molar-refractivity contribution in [3.63, 3.8) is 0 Å². The molecule has 0 unspecified atom stereocenters. The Labute approximate surface area is 93.1 Å². The van der Waals surface area contributed by atoms with Crippen LogP contribution < -0.4 is 0 Å². The molecule has 1 aliphatic rings. The summed E-state index contributed by atoms with van der Waals surface area (Å²) in [7, 11) is 0. The van der Waals surface area contributed by atoms with Crippen LogP contribution in [-0.2, 0) is 13.0 Å². The van der Waals surface area contributed by atoms with Gasteiger partial charge in [-0.15, -0.1) is 11.6 Å². The van der Waals surface area contributed by atoms with Gasteiger partial charge in [0.05, 0.1) is 0 Å². The zero-order valence-electron chi connectivity index (χ0n) is 7.79. The third kappa shape index (κ3) is 2.13. The third-order valence-electron chi connectivity index (χ3n) is 2.46. The molecule has 1 N–H and O–H groups in total. The van der Waals surface area contributed by atoms with Crippen molar-refractivity contribution in [2.24, 2.45) is 0 Å². The van der Waals surface area contributed by atoms with Gasteiger partial charge in [-0.1, -0.05) is 0 Å². The van der Waals surface area contributed by atoms with Crippen LogP contribution in [0.25, 0.3) is 0 Å². The van der Waals surface area contributed by atoms with Crippen molar-refractivity contribution in [1.29, 1.82) is 0 Å². The van der Waals surface area contributed by atoms with E-state index in [0.29, 0.717) is 10.7 Å². The predicted octanol–water partition coefficient (Wildman–Crippen LogP) is 1.74. The van der Waals surface area contributed by atoms with E-state index >= 15 is 0 Å². The standard InChI is InChI=1S/C9H12ClN3S/c10-2-4-13-3-1-7-5-11-9(14)12-8(7)6-13/h5H,1-4,6H2,(H,11,12,14). The van der Waals surface area contributed by atoms with E-state index in [9.17, 15) is 0 Å². The predicted molar refractivity (Wildman–Crippen MR) is 59.1 cm³/mol. The van der Waals surface area contributed by atoms with Gasteiger partial charge in [0, 0.05) is 37.4 Å². The molecule has 0 bridgehead atoms. The summed E-state index contributed by atoms with van der Waals surface area (Å²) >= 11 is 10.7. The molecule has 0 saturated heterocycles. The van der Waals surface area contributed by atoms with Gasteiger partial charge in [-0.05, 0) is 24.2 Å². The summed E-state index contributed by atoms with van der Waals surface area (Å²) in [5.74, 6) is 0.682. The first-order chi connectivity index (χ1) is 6.79. The number of rotatable bonds is 2. The number of aromatic amines is 1. The molecule has 1 aromatic heterocycles. The molecule has 76 valence electrons. The molecule has 0 amide bonds. The van der Waals surface area contributed by atoms with E-state index in [1.54, 1.807) is 0 Å². The average molecular weight is 230 g/mol. The molecule has 0 spiro atoms. The molecular weight excluding hydrogens is 218 g/mol. The lowest BCUT2D eigenvalue weighted by Gasteiger charge is -2.27. The zero-order chi connectivity index (χ0) is 9.97. The molecule has 5 heteroatoms. The van der Waals surface area contributed by atoms with E-state index in [1.807, 2.05) is 6.20 Å². The number of fused-ring (bicyclic) bond motifs is 1. The molecule has 0 saturated carbocycles. The third-order valence-corrected chi connectivity index (χ3v) is 2.84. The highest BCUT2D eigenvalue weighted by atomic mass is 35.5. The maximum absolute atomic E-state index is 5.71. The van der Waals surface area contributed by atoms with E-state index in [0.717, 1.165) is 26.1 Å². The van der Waals surface area contributed by atoms with Gasteiger partial charge >= 0.3 is 0 Å². The highest BCUT2D eigenvalue weighted by Crippen LogP contribution is 2.15. The molecule has 0 aromatic carbocycles. The van der Waals surface area contributed by atoms with E-state index in [1.165, 1.54) is 11.3 Å². The first-order valence-corrected chi connectivity index (χ1v) is 5.59. The number of hydrogen-bond donors (Lipinski definition) is 1. The zero-order valence-corrected chi connectivity index (χ0v) is 9.37. The molecule has 1 aliphatic heterocycles. The monoisotopic (exact) mass is 229 g/mol. The van der Waals surface area contributed by atoms with Crippen LogP contribution in [0.5, 0.6) is 0 Å². The van der Waals surface area contributed by atoms with Crippen molar-refractivity contribution in [3.05, 3.63) is 22.2 Å². The fourth-order valence-corrected chi connectivity index (χ4v) is 2.12. The molecule has 0 fully saturated rings. The van der Waals surface area contributed by atoms with Gasteiger partial charge in [-0.2, -0.15) is 0 Å². The van der Waals surface area contributed by atoms with Crippen molar-refractivity contribution in [2.45, 2.75) is 13.0 Å². The van der Waals surface area contributed by atoms with E-state index in [-0.39, 0.29) is 0 Å². The van der Waals surface area contributed by atoms with Crippen molar-refractivity contribution >= 4 is 23.8 Å². The van der Waals surface area contributed by atoms with Gasteiger partial charge in [-0.3, -0.25) is 4.90 Å².